The van der Waals surface area contributed by atoms with Crippen LogP contribution in [0.25, 0.3) is 22.0 Å². The van der Waals surface area contributed by atoms with E-state index in [1.165, 1.54) is 0 Å². The third-order valence-electron chi connectivity index (χ3n) is 2.51. The standard InChI is InChI=1S/C13H10N2OS/c16-10-5-3-9(4-6-10)11-8-14-13(15-11)12-2-1-7-17-12/h1-8,16H,(H,14,15). The second-order valence-corrected chi connectivity index (χ2v) is 4.62. The van der Waals surface area contributed by atoms with Crippen molar-refractivity contribution in [1.29, 1.82) is 0 Å². The van der Waals surface area contributed by atoms with Crippen molar-refractivity contribution in [1.82, 2.24) is 9.97 Å². The van der Waals surface area contributed by atoms with E-state index in [9.17, 15) is 5.11 Å². The fourth-order valence-electron chi connectivity index (χ4n) is 1.65. The molecule has 0 fully saturated rings. The molecule has 0 spiro atoms. The van der Waals surface area contributed by atoms with E-state index in [0.29, 0.717) is 0 Å². The van der Waals surface area contributed by atoms with Gasteiger partial charge in [0.25, 0.3) is 0 Å². The molecule has 1 aromatic carbocycles. The number of nitrogens with one attached hydrogen (secondary N) is 1. The molecule has 0 atom stereocenters. The summed E-state index contributed by atoms with van der Waals surface area (Å²) >= 11 is 1.65. The summed E-state index contributed by atoms with van der Waals surface area (Å²) < 4.78 is 0. The van der Waals surface area contributed by atoms with E-state index in [4.69, 9.17) is 0 Å². The lowest BCUT2D eigenvalue weighted by Gasteiger charge is -1.97. The molecule has 0 amide bonds. The van der Waals surface area contributed by atoms with Crippen LogP contribution in [0, 0.1) is 0 Å². The van der Waals surface area contributed by atoms with Crippen molar-refractivity contribution in [2.45, 2.75) is 0 Å². The number of phenols is 1. The Morgan fingerprint density at radius 3 is 2.65 bits per heavy atom. The molecular formula is C13H10N2OS. The molecule has 0 saturated heterocycles. The minimum Gasteiger partial charge on any atom is -0.508 e. The van der Waals surface area contributed by atoms with E-state index in [1.54, 1.807) is 29.7 Å². The Morgan fingerprint density at radius 2 is 1.94 bits per heavy atom. The number of H-pyrrole nitrogens is 1. The SMILES string of the molecule is Oc1ccc(-c2cnc(-c3cccs3)[nH]2)cc1. The summed E-state index contributed by atoms with van der Waals surface area (Å²) in [5.74, 6) is 1.15. The monoisotopic (exact) mass is 242 g/mol. The highest BCUT2D eigenvalue weighted by molar-refractivity contribution is 7.13. The quantitative estimate of drug-likeness (QED) is 0.722. The van der Waals surface area contributed by atoms with Crippen LogP contribution in [0.3, 0.4) is 0 Å². The molecule has 3 aromatic rings. The first-order chi connectivity index (χ1) is 8.33. The highest BCUT2D eigenvalue weighted by Gasteiger charge is 2.05. The van der Waals surface area contributed by atoms with Gasteiger partial charge in [0.2, 0.25) is 0 Å². The van der Waals surface area contributed by atoms with Gasteiger partial charge in [0.15, 0.2) is 0 Å². The van der Waals surface area contributed by atoms with Gasteiger partial charge >= 0.3 is 0 Å². The number of aromatic nitrogens is 2. The summed E-state index contributed by atoms with van der Waals surface area (Å²) in [6, 6.07) is 11.1. The zero-order chi connectivity index (χ0) is 11.7. The topological polar surface area (TPSA) is 48.9 Å². The molecule has 17 heavy (non-hydrogen) atoms. The van der Waals surface area contributed by atoms with Gasteiger partial charge in [-0.15, -0.1) is 11.3 Å². The number of hydrogen-bond acceptors (Lipinski definition) is 3. The zero-order valence-electron chi connectivity index (χ0n) is 8.92. The van der Waals surface area contributed by atoms with Crippen LogP contribution in [-0.2, 0) is 0 Å². The van der Waals surface area contributed by atoms with E-state index in [2.05, 4.69) is 9.97 Å². The van der Waals surface area contributed by atoms with Crippen LogP contribution in [0.5, 0.6) is 5.75 Å². The zero-order valence-corrected chi connectivity index (χ0v) is 9.74. The molecule has 0 aliphatic heterocycles. The fraction of sp³-hybridized carbons (Fsp3) is 0. The van der Waals surface area contributed by atoms with Crippen molar-refractivity contribution >= 4 is 11.3 Å². The molecule has 4 heteroatoms. The summed E-state index contributed by atoms with van der Waals surface area (Å²) in [5, 5.41) is 11.3. The number of aromatic hydroxyl groups is 1. The maximum atomic E-state index is 9.23. The molecule has 0 aliphatic rings. The Kier molecular flexibility index (Phi) is 2.42. The first-order valence-electron chi connectivity index (χ1n) is 5.21. The molecule has 2 aromatic heterocycles. The average molecular weight is 242 g/mol. The number of imidazole rings is 1. The van der Waals surface area contributed by atoms with Crippen LogP contribution in [0.1, 0.15) is 0 Å². The summed E-state index contributed by atoms with van der Waals surface area (Å²) in [7, 11) is 0. The lowest BCUT2D eigenvalue weighted by atomic mass is 10.2. The van der Waals surface area contributed by atoms with E-state index in [0.717, 1.165) is 22.0 Å². The lowest BCUT2D eigenvalue weighted by Crippen LogP contribution is -1.77. The van der Waals surface area contributed by atoms with Gasteiger partial charge in [-0.3, -0.25) is 0 Å². The number of thiophene rings is 1. The number of aromatic amines is 1. The fourth-order valence-corrected chi connectivity index (χ4v) is 2.32. The first kappa shape index (κ1) is 10.1. The number of rotatable bonds is 2. The maximum Gasteiger partial charge on any atom is 0.147 e. The Hall–Kier alpha value is -2.07. The molecule has 2 heterocycles. The van der Waals surface area contributed by atoms with Gasteiger partial charge in [-0.1, -0.05) is 6.07 Å². The first-order valence-corrected chi connectivity index (χ1v) is 6.09. The van der Waals surface area contributed by atoms with E-state index in [1.807, 2.05) is 29.6 Å². The van der Waals surface area contributed by atoms with Gasteiger partial charge in [0.1, 0.15) is 11.6 Å². The molecule has 84 valence electrons. The number of phenolic OH excluding ortho intramolecular Hbond substituents is 1. The lowest BCUT2D eigenvalue weighted by molar-refractivity contribution is 0.475. The maximum absolute atomic E-state index is 9.23. The molecule has 0 unspecified atom stereocenters. The van der Waals surface area contributed by atoms with Crippen LogP contribution in [0.2, 0.25) is 0 Å². The minimum atomic E-state index is 0.270. The van der Waals surface area contributed by atoms with Gasteiger partial charge in [0.05, 0.1) is 16.8 Å². The second-order valence-electron chi connectivity index (χ2n) is 3.67. The predicted molar refractivity (Wildman–Crippen MR) is 69.0 cm³/mol. The smallest absolute Gasteiger partial charge is 0.147 e. The van der Waals surface area contributed by atoms with Crippen LogP contribution >= 0.6 is 11.3 Å². The molecule has 0 radical (unpaired) electrons. The normalized spacial score (nSPS) is 10.6. The second kappa shape index (κ2) is 4.07. The molecule has 3 nitrogen and oxygen atoms in total. The van der Waals surface area contributed by atoms with Crippen molar-refractivity contribution < 1.29 is 5.11 Å². The molecule has 3 rings (SSSR count). The van der Waals surface area contributed by atoms with E-state index >= 15 is 0 Å². The van der Waals surface area contributed by atoms with Crippen molar-refractivity contribution in [3.05, 3.63) is 48.0 Å². The molecule has 0 aliphatic carbocycles. The van der Waals surface area contributed by atoms with Gasteiger partial charge < -0.3 is 10.1 Å². The number of benzene rings is 1. The third kappa shape index (κ3) is 1.94. The Morgan fingerprint density at radius 1 is 1.12 bits per heavy atom. The van der Waals surface area contributed by atoms with Crippen molar-refractivity contribution in [3.8, 4) is 27.7 Å². The Balaban J connectivity index is 1.98. The van der Waals surface area contributed by atoms with Crippen LogP contribution in [0.4, 0.5) is 0 Å². The number of hydrogen-bond donors (Lipinski definition) is 2. The van der Waals surface area contributed by atoms with E-state index in [-0.39, 0.29) is 5.75 Å². The minimum absolute atomic E-state index is 0.270. The summed E-state index contributed by atoms with van der Waals surface area (Å²) in [4.78, 5) is 8.74. The van der Waals surface area contributed by atoms with Crippen molar-refractivity contribution in [2.24, 2.45) is 0 Å². The Bertz CT molecular complexity index is 611. The summed E-state index contributed by atoms with van der Waals surface area (Å²) in [6.07, 6.45) is 1.81. The number of nitrogens with zero attached hydrogens (tertiary/aromatic N) is 1. The van der Waals surface area contributed by atoms with Crippen molar-refractivity contribution in [2.75, 3.05) is 0 Å². The average Bonchev–Trinajstić information content (AvgIpc) is 3.00. The summed E-state index contributed by atoms with van der Waals surface area (Å²) in [6.45, 7) is 0. The molecule has 0 bridgehead atoms. The van der Waals surface area contributed by atoms with Gasteiger partial charge in [0, 0.05) is 0 Å². The summed E-state index contributed by atoms with van der Waals surface area (Å²) in [5.41, 5.74) is 1.96. The van der Waals surface area contributed by atoms with Gasteiger partial charge in [-0.2, -0.15) is 0 Å². The molecule has 2 N–H and O–H groups in total. The van der Waals surface area contributed by atoms with Crippen LogP contribution in [0.15, 0.2) is 48.0 Å². The van der Waals surface area contributed by atoms with Crippen molar-refractivity contribution in [3.63, 3.8) is 0 Å². The van der Waals surface area contributed by atoms with Gasteiger partial charge in [-0.25, -0.2) is 4.98 Å². The highest BCUT2D eigenvalue weighted by Crippen LogP contribution is 2.25. The largest absolute Gasteiger partial charge is 0.508 e. The van der Waals surface area contributed by atoms with E-state index < -0.39 is 0 Å². The highest BCUT2D eigenvalue weighted by atomic mass is 32.1. The molecule has 0 saturated carbocycles. The van der Waals surface area contributed by atoms with Gasteiger partial charge in [-0.05, 0) is 41.3 Å². The Labute approximate surface area is 102 Å². The predicted octanol–water partition coefficient (Wildman–Crippen LogP) is 3.51. The van der Waals surface area contributed by atoms with Crippen LogP contribution in [-0.4, -0.2) is 15.1 Å². The third-order valence-corrected chi connectivity index (χ3v) is 3.39. The van der Waals surface area contributed by atoms with Crippen LogP contribution < -0.4 is 0 Å². The molecular weight excluding hydrogens is 232 g/mol.